The van der Waals surface area contributed by atoms with Gasteiger partial charge in [-0.2, -0.15) is 8.42 Å². The van der Waals surface area contributed by atoms with Gasteiger partial charge in [-0.1, -0.05) is 48.5 Å². The molecule has 0 spiro atoms. The third kappa shape index (κ3) is 4.89. The highest BCUT2D eigenvalue weighted by Crippen LogP contribution is 2.20. The second-order valence-electron chi connectivity index (χ2n) is 5.62. The highest BCUT2D eigenvalue weighted by Gasteiger charge is 2.16. The minimum Gasteiger partial charge on any atom is -0.379 e. The van der Waals surface area contributed by atoms with Crippen molar-refractivity contribution in [1.82, 2.24) is 0 Å². The molecule has 27 heavy (non-hydrogen) atoms. The summed E-state index contributed by atoms with van der Waals surface area (Å²) >= 11 is 0. The number of allylic oxidation sites excluding steroid dienone is 1. The summed E-state index contributed by atoms with van der Waals surface area (Å²) in [6.07, 6.45) is 3.08. The molecule has 3 rings (SSSR count). The van der Waals surface area contributed by atoms with Crippen LogP contribution in [-0.4, -0.2) is 14.2 Å². The maximum Gasteiger partial charge on any atom is 0.339 e. The normalized spacial score (nSPS) is 11.4. The number of hydrogen-bond acceptors (Lipinski definition) is 4. The van der Waals surface area contributed by atoms with Crippen LogP contribution in [0.3, 0.4) is 0 Å². The molecular formula is C21H15FO4S. The molecule has 0 heterocycles. The maximum absolute atomic E-state index is 12.9. The van der Waals surface area contributed by atoms with Crippen molar-refractivity contribution >= 4 is 22.0 Å². The Morgan fingerprint density at radius 2 is 1.48 bits per heavy atom. The van der Waals surface area contributed by atoms with Gasteiger partial charge in [-0.3, -0.25) is 4.79 Å². The van der Waals surface area contributed by atoms with Gasteiger partial charge in [0, 0.05) is 5.56 Å². The van der Waals surface area contributed by atoms with Crippen molar-refractivity contribution in [2.45, 2.75) is 4.90 Å². The summed E-state index contributed by atoms with van der Waals surface area (Å²) in [6.45, 7) is 0. The SMILES string of the molecule is O=C(C=Cc1ccc(OS(=O)(=O)c2ccc(F)cc2)cc1)c1ccccc1. The van der Waals surface area contributed by atoms with Crippen LogP contribution in [0.2, 0.25) is 0 Å². The van der Waals surface area contributed by atoms with Crippen LogP contribution in [0.1, 0.15) is 15.9 Å². The van der Waals surface area contributed by atoms with Crippen LogP contribution in [-0.2, 0) is 10.1 Å². The summed E-state index contributed by atoms with van der Waals surface area (Å²) in [5.41, 5.74) is 1.30. The first kappa shape index (κ1) is 18.5. The Kier molecular flexibility index (Phi) is 5.47. The Morgan fingerprint density at radius 1 is 0.852 bits per heavy atom. The van der Waals surface area contributed by atoms with Crippen molar-refractivity contribution in [2.24, 2.45) is 0 Å². The maximum atomic E-state index is 12.9. The zero-order chi connectivity index (χ0) is 19.3. The van der Waals surface area contributed by atoms with Crippen molar-refractivity contribution in [3.05, 3.63) is 102 Å². The first-order valence-corrected chi connectivity index (χ1v) is 9.42. The summed E-state index contributed by atoms with van der Waals surface area (Å²) in [5.74, 6) is -0.546. The monoisotopic (exact) mass is 382 g/mol. The van der Waals surface area contributed by atoms with Crippen LogP contribution in [0, 0.1) is 5.82 Å². The summed E-state index contributed by atoms with van der Waals surface area (Å²) in [6, 6.07) is 19.4. The number of hydrogen-bond donors (Lipinski definition) is 0. The zero-order valence-corrected chi connectivity index (χ0v) is 14.9. The van der Waals surface area contributed by atoms with E-state index in [-0.39, 0.29) is 16.4 Å². The molecule has 0 bridgehead atoms. The van der Waals surface area contributed by atoms with Crippen LogP contribution in [0.5, 0.6) is 5.75 Å². The molecule has 0 aliphatic heterocycles. The van der Waals surface area contributed by atoms with Crippen molar-refractivity contribution in [2.75, 3.05) is 0 Å². The molecule has 3 aromatic carbocycles. The Hall–Kier alpha value is -3.25. The van der Waals surface area contributed by atoms with E-state index in [0.29, 0.717) is 11.1 Å². The standard InChI is InChI=1S/C21H15FO4S/c22-18-9-13-20(14-10-18)27(24,25)26-19-11-6-16(7-12-19)8-15-21(23)17-4-2-1-3-5-17/h1-15H. The number of halogens is 1. The zero-order valence-electron chi connectivity index (χ0n) is 14.1. The van der Waals surface area contributed by atoms with Crippen LogP contribution in [0.25, 0.3) is 6.08 Å². The molecule has 6 heteroatoms. The van der Waals surface area contributed by atoms with Gasteiger partial charge in [-0.15, -0.1) is 0 Å². The van der Waals surface area contributed by atoms with Gasteiger partial charge in [0.25, 0.3) is 0 Å². The Morgan fingerprint density at radius 3 is 2.11 bits per heavy atom. The molecule has 0 aliphatic carbocycles. The Bertz CT molecular complexity index is 1060. The molecule has 0 amide bonds. The van der Waals surface area contributed by atoms with Crippen LogP contribution in [0.15, 0.2) is 89.8 Å². The van der Waals surface area contributed by atoms with Gasteiger partial charge < -0.3 is 4.18 Å². The summed E-state index contributed by atoms with van der Waals surface area (Å²) in [5, 5.41) is 0. The molecule has 0 saturated heterocycles. The molecule has 0 saturated carbocycles. The minimum atomic E-state index is -4.04. The average Bonchev–Trinajstić information content (AvgIpc) is 2.68. The van der Waals surface area contributed by atoms with E-state index in [1.807, 2.05) is 6.07 Å². The van der Waals surface area contributed by atoms with Crippen molar-refractivity contribution in [3.63, 3.8) is 0 Å². The van der Waals surface area contributed by atoms with Crippen molar-refractivity contribution < 1.29 is 21.8 Å². The lowest BCUT2D eigenvalue weighted by atomic mass is 10.1. The second kappa shape index (κ2) is 7.97. The third-order valence-electron chi connectivity index (χ3n) is 3.67. The van der Waals surface area contributed by atoms with Crippen LogP contribution >= 0.6 is 0 Å². The molecule has 0 atom stereocenters. The topological polar surface area (TPSA) is 60.4 Å². The van der Waals surface area contributed by atoms with Crippen LogP contribution in [0.4, 0.5) is 4.39 Å². The van der Waals surface area contributed by atoms with E-state index >= 15 is 0 Å². The highest BCUT2D eigenvalue weighted by atomic mass is 32.2. The predicted molar refractivity (Wildman–Crippen MR) is 100 cm³/mol. The first-order chi connectivity index (χ1) is 12.9. The molecular weight excluding hydrogens is 367 g/mol. The van der Waals surface area contributed by atoms with E-state index in [1.165, 1.54) is 18.2 Å². The van der Waals surface area contributed by atoms with Crippen molar-refractivity contribution in [3.8, 4) is 5.75 Å². The number of carbonyl (C=O) groups is 1. The first-order valence-electron chi connectivity index (χ1n) is 8.02. The molecule has 0 N–H and O–H groups in total. The number of carbonyl (C=O) groups excluding carboxylic acids is 1. The van der Waals surface area contributed by atoms with E-state index < -0.39 is 15.9 Å². The second-order valence-corrected chi connectivity index (χ2v) is 7.17. The molecule has 0 fully saturated rings. The van der Waals surface area contributed by atoms with Crippen molar-refractivity contribution in [1.29, 1.82) is 0 Å². The molecule has 4 nitrogen and oxygen atoms in total. The molecule has 0 aliphatic rings. The van der Waals surface area contributed by atoms with Crippen LogP contribution < -0.4 is 4.18 Å². The molecule has 3 aromatic rings. The lowest BCUT2D eigenvalue weighted by molar-refractivity contribution is 0.104. The van der Waals surface area contributed by atoms with Gasteiger partial charge in [-0.25, -0.2) is 4.39 Å². The van der Waals surface area contributed by atoms with Gasteiger partial charge >= 0.3 is 10.1 Å². The molecule has 0 aromatic heterocycles. The Balaban J connectivity index is 1.69. The average molecular weight is 382 g/mol. The fourth-order valence-corrected chi connectivity index (χ4v) is 3.21. The number of ketones is 1. The summed E-state index contributed by atoms with van der Waals surface area (Å²) < 4.78 is 42.3. The fraction of sp³-hybridized carbons (Fsp3) is 0. The molecule has 136 valence electrons. The lowest BCUT2D eigenvalue weighted by Crippen LogP contribution is -2.09. The Labute approximate surface area is 156 Å². The van der Waals surface area contributed by atoms with E-state index in [0.717, 1.165) is 24.3 Å². The largest absolute Gasteiger partial charge is 0.379 e. The van der Waals surface area contributed by atoms with Gasteiger partial charge in [0.15, 0.2) is 5.78 Å². The fourth-order valence-electron chi connectivity index (χ4n) is 2.28. The number of rotatable bonds is 6. The van der Waals surface area contributed by atoms with Gasteiger partial charge in [-0.05, 0) is 48.0 Å². The number of benzene rings is 3. The van der Waals surface area contributed by atoms with Gasteiger partial charge in [0.1, 0.15) is 16.5 Å². The van der Waals surface area contributed by atoms with E-state index in [9.17, 15) is 17.6 Å². The quantitative estimate of drug-likeness (QED) is 0.358. The van der Waals surface area contributed by atoms with E-state index in [4.69, 9.17) is 4.18 Å². The lowest BCUT2D eigenvalue weighted by Gasteiger charge is -2.07. The smallest absolute Gasteiger partial charge is 0.339 e. The summed E-state index contributed by atoms with van der Waals surface area (Å²) in [7, 11) is -4.04. The predicted octanol–water partition coefficient (Wildman–Crippen LogP) is 4.49. The molecule has 0 radical (unpaired) electrons. The van der Waals surface area contributed by atoms with Gasteiger partial charge in [0.05, 0.1) is 0 Å². The minimum absolute atomic E-state index is 0.117. The third-order valence-corrected chi connectivity index (χ3v) is 4.94. The molecule has 0 unspecified atom stereocenters. The van der Waals surface area contributed by atoms with Gasteiger partial charge in [0.2, 0.25) is 0 Å². The highest BCUT2D eigenvalue weighted by molar-refractivity contribution is 7.87. The van der Waals surface area contributed by atoms with E-state index in [2.05, 4.69) is 0 Å². The van der Waals surface area contributed by atoms with E-state index in [1.54, 1.807) is 42.5 Å². The summed E-state index contributed by atoms with van der Waals surface area (Å²) in [4.78, 5) is 11.9.